The normalized spacial score (nSPS) is 21.6. The summed E-state index contributed by atoms with van der Waals surface area (Å²) in [6.07, 6.45) is 3.56. The van der Waals surface area contributed by atoms with Crippen molar-refractivity contribution in [3.63, 3.8) is 0 Å². The fourth-order valence-electron chi connectivity index (χ4n) is 3.67. The van der Waals surface area contributed by atoms with Gasteiger partial charge < -0.3 is 9.47 Å². The van der Waals surface area contributed by atoms with Gasteiger partial charge in [0, 0.05) is 32.5 Å². The molecule has 142 valence electrons. The van der Waals surface area contributed by atoms with Gasteiger partial charge in [-0.3, -0.25) is 14.8 Å². The summed E-state index contributed by atoms with van der Waals surface area (Å²) in [5.74, 6) is 0.513. The Labute approximate surface area is 151 Å². The number of hydrogen-bond donors (Lipinski definition) is 1. The van der Waals surface area contributed by atoms with Crippen molar-refractivity contribution < 1.29 is 14.3 Å². The quantitative estimate of drug-likeness (QED) is 0.693. The van der Waals surface area contributed by atoms with Crippen LogP contribution in [0.3, 0.4) is 0 Å². The van der Waals surface area contributed by atoms with Gasteiger partial charge in [-0.2, -0.15) is 5.10 Å². The van der Waals surface area contributed by atoms with E-state index in [9.17, 15) is 4.79 Å². The van der Waals surface area contributed by atoms with Crippen molar-refractivity contribution >= 4 is 5.97 Å². The number of aromatic nitrogens is 2. The fourth-order valence-corrected chi connectivity index (χ4v) is 3.67. The number of carbonyl (C=O) groups excluding carboxylic acids is 1. The lowest BCUT2D eigenvalue weighted by molar-refractivity contribution is -0.160. The summed E-state index contributed by atoms with van der Waals surface area (Å²) >= 11 is 0. The second-order valence-corrected chi connectivity index (χ2v) is 7.54. The Kier molecular flexibility index (Phi) is 7.44. The van der Waals surface area contributed by atoms with Gasteiger partial charge in [0.05, 0.1) is 17.7 Å². The predicted octanol–water partition coefficient (Wildman–Crippen LogP) is 2.79. The predicted molar refractivity (Wildman–Crippen MR) is 97.2 cm³/mol. The van der Waals surface area contributed by atoms with Gasteiger partial charge in [-0.1, -0.05) is 13.8 Å². The molecule has 1 saturated heterocycles. The van der Waals surface area contributed by atoms with Crippen LogP contribution in [0.5, 0.6) is 0 Å². The maximum Gasteiger partial charge on any atom is 0.313 e. The highest BCUT2D eigenvalue weighted by Crippen LogP contribution is 2.35. The molecule has 6 nitrogen and oxygen atoms in total. The number of methoxy groups -OCH3 is 1. The number of nitrogens with one attached hydrogen (secondary N) is 1. The second kappa shape index (κ2) is 9.34. The molecule has 0 bridgehead atoms. The molecule has 0 unspecified atom stereocenters. The maximum absolute atomic E-state index is 12.6. The van der Waals surface area contributed by atoms with Crippen LogP contribution in [0.15, 0.2) is 6.07 Å². The first-order chi connectivity index (χ1) is 12.0. The zero-order valence-electron chi connectivity index (χ0n) is 16.1. The molecule has 25 heavy (non-hydrogen) atoms. The standard InChI is InChI=1S/C19H33N3O3/c1-5-25-18(23)19(8-10-24-4)7-6-9-22(14-19)13-17-12-16(20-21-17)11-15(2)3/h12,15H,5-11,13-14H2,1-4H3,(H,20,21)/t19-/m0/s1. The van der Waals surface area contributed by atoms with E-state index >= 15 is 0 Å². The third-order valence-corrected chi connectivity index (χ3v) is 4.84. The number of ether oxygens (including phenoxy) is 2. The lowest BCUT2D eigenvalue weighted by Gasteiger charge is -2.40. The van der Waals surface area contributed by atoms with Gasteiger partial charge in [0.1, 0.15) is 0 Å². The summed E-state index contributed by atoms with van der Waals surface area (Å²) in [5, 5.41) is 7.56. The molecule has 1 fully saturated rings. The minimum Gasteiger partial charge on any atom is -0.466 e. The van der Waals surface area contributed by atoms with E-state index in [1.807, 2.05) is 6.92 Å². The average molecular weight is 351 g/mol. The maximum atomic E-state index is 12.6. The first-order valence-electron chi connectivity index (χ1n) is 9.40. The molecule has 0 aliphatic carbocycles. The van der Waals surface area contributed by atoms with Crippen LogP contribution in [0.25, 0.3) is 0 Å². The highest BCUT2D eigenvalue weighted by atomic mass is 16.5. The molecule has 2 heterocycles. The van der Waals surface area contributed by atoms with Gasteiger partial charge in [-0.25, -0.2) is 0 Å². The monoisotopic (exact) mass is 351 g/mol. The Hall–Kier alpha value is -1.40. The molecule has 1 aliphatic heterocycles. The number of carbonyl (C=O) groups is 1. The Morgan fingerprint density at radius 3 is 2.96 bits per heavy atom. The fraction of sp³-hybridized carbons (Fsp3) is 0.789. The third-order valence-electron chi connectivity index (χ3n) is 4.84. The zero-order valence-corrected chi connectivity index (χ0v) is 16.1. The Morgan fingerprint density at radius 1 is 1.48 bits per heavy atom. The lowest BCUT2D eigenvalue weighted by atomic mass is 9.77. The molecule has 0 radical (unpaired) electrons. The highest BCUT2D eigenvalue weighted by Gasteiger charge is 2.43. The van der Waals surface area contributed by atoms with Gasteiger partial charge in [0.25, 0.3) is 0 Å². The van der Waals surface area contributed by atoms with Crippen LogP contribution in [0.1, 0.15) is 51.4 Å². The number of esters is 1. The summed E-state index contributed by atoms with van der Waals surface area (Å²) in [7, 11) is 1.68. The Balaban J connectivity index is 2.03. The van der Waals surface area contributed by atoms with Crippen molar-refractivity contribution in [1.82, 2.24) is 15.1 Å². The van der Waals surface area contributed by atoms with Crippen molar-refractivity contribution in [3.05, 3.63) is 17.5 Å². The van der Waals surface area contributed by atoms with E-state index in [0.717, 1.165) is 43.7 Å². The van der Waals surface area contributed by atoms with Crippen LogP contribution < -0.4 is 0 Å². The molecule has 1 aromatic heterocycles. The largest absolute Gasteiger partial charge is 0.466 e. The van der Waals surface area contributed by atoms with Gasteiger partial charge in [0.2, 0.25) is 0 Å². The summed E-state index contributed by atoms with van der Waals surface area (Å²) in [6, 6.07) is 2.15. The number of H-pyrrole nitrogens is 1. The molecule has 1 aliphatic rings. The summed E-state index contributed by atoms with van der Waals surface area (Å²) < 4.78 is 10.6. The molecular formula is C19H33N3O3. The molecule has 0 aromatic carbocycles. The number of rotatable bonds is 9. The van der Waals surface area contributed by atoms with Crippen LogP contribution in [-0.2, 0) is 27.2 Å². The number of likely N-dealkylation sites (tertiary alicyclic amines) is 1. The zero-order chi connectivity index (χ0) is 18.3. The van der Waals surface area contributed by atoms with Crippen molar-refractivity contribution in [2.45, 2.75) is 53.0 Å². The van der Waals surface area contributed by atoms with Gasteiger partial charge >= 0.3 is 5.97 Å². The molecule has 6 heteroatoms. The SMILES string of the molecule is CCOC(=O)[C@]1(CCOC)CCCN(Cc2cc(CC(C)C)n[nH]2)C1. The third kappa shape index (κ3) is 5.54. The first kappa shape index (κ1) is 19.9. The molecule has 1 aromatic rings. The van der Waals surface area contributed by atoms with Crippen LogP contribution in [0.4, 0.5) is 0 Å². The highest BCUT2D eigenvalue weighted by molar-refractivity contribution is 5.77. The molecule has 0 saturated carbocycles. The van der Waals surface area contributed by atoms with Crippen LogP contribution in [0, 0.1) is 11.3 Å². The minimum atomic E-state index is -0.453. The molecule has 1 atom stereocenters. The van der Waals surface area contributed by atoms with Crippen molar-refractivity contribution in [2.75, 3.05) is 33.4 Å². The molecule has 1 N–H and O–H groups in total. The van der Waals surface area contributed by atoms with E-state index in [-0.39, 0.29) is 5.97 Å². The number of nitrogens with zero attached hydrogens (tertiary/aromatic N) is 2. The first-order valence-corrected chi connectivity index (χ1v) is 9.40. The Morgan fingerprint density at radius 2 is 2.28 bits per heavy atom. The van der Waals surface area contributed by atoms with Gasteiger partial charge in [-0.05, 0) is 51.1 Å². The minimum absolute atomic E-state index is 0.0816. The van der Waals surface area contributed by atoms with E-state index in [1.54, 1.807) is 7.11 Å². The van der Waals surface area contributed by atoms with Crippen molar-refractivity contribution in [2.24, 2.45) is 11.3 Å². The van der Waals surface area contributed by atoms with Gasteiger partial charge in [0.15, 0.2) is 0 Å². The van der Waals surface area contributed by atoms with Crippen LogP contribution in [0.2, 0.25) is 0 Å². The van der Waals surface area contributed by atoms with E-state index < -0.39 is 5.41 Å². The Bertz CT molecular complexity index is 544. The van der Waals surface area contributed by atoms with E-state index in [1.165, 1.54) is 0 Å². The summed E-state index contributed by atoms with van der Waals surface area (Å²) in [5.41, 5.74) is 1.77. The molecular weight excluding hydrogens is 318 g/mol. The topological polar surface area (TPSA) is 67.5 Å². The van der Waals surface area contributed by atoms with E-state index in [4.69, 9.17) is 9.47 Å². The summed E-state index contributed by atoms with van der Waals surface area (Å²) in [6.45, 7) is 9.76. The molecule has 0 spiro atoms. The molecule has 2 rings (SSSR count). The number of hydrogen-bond acceptors (Lipinski definition) is 5. The van der Waals surface area contributed by atoms with E-state index in [0.29, 0.717) is 32.1 Å². The van der Waals surface area contributed by atoms with Gasteiger partial charge in [-0.15, -0.1) is 0 Å². The van der Waals surface area contributed by atoms with Crippen molar-refractivity contribution in [3.8, 4) is 0 Å². The van der Waals surface area contributed by atoms with Crippen molar-refractivity contribution in [1.29, 1.82) is 0 Å². The van der Waals surface area contributed by atoms with Crippen LogP contribution >= 0.6 is 0 Å². The smallest absolute Gasteiger partial charge is 0.313 e. The summed E-state index contributed by atoms with van der Waals surface area (Å²) in [4.78, 5) is 15.0. The second-order valence-electron chi connectivity index (χ2n) is 7.54. The van der Waals surface area contributed by atoms with Crippen LogP contribution in [-0.4, -0.2) is 54.5 Å². The number of aromatic amines is 1. The lowest BCUT2D eigenvalue weighted by Crippen LogP contribution is -2.48. The van der Waals surface area contributed by atoms with E-state index in [2.05, 4.69) is 35.0 Å². The molecule has 0 amide bonds. The average Bonchev–Trinajstić information content (AvgIpc) is 2.99. The number of piperidine rings is 1.